The van der Waals surface area contributed by atoms with E-state index in [4.69, 9.17) is 0 Å². The predicted octanol–water partition coefficient (Wildman–Crippen LogP) is 2.18. The zero-order valence-corrected chi connectivity index (χ0v) is 9.70. The number of hydrogen-bond acceptors (Lipinski definition) is 4. The number of phenolic OH excluding ortho intramolecular Hbond substituents is 1. The van der Waals surface area contributed by atoms with Crippen molar-refractivity contribution in [2.24, 2.45) is 0 Å². The molecule has 0 fully saturated rings. The summed E-state index contributed by atoms with van der Waals surface area (Å²) >= 11 is 1.67. The number of thiazole rings is 1. The van der Waals surface area contributed by atoms with Crippen LogP contribution in [-0.4, -0.2) is 16.6 Å². The molecule has 0 saturated carbocycles. The largest absolute Gasteiger partial charge is 0.508 e. The summed E-state index contributed by atoms with van der Waals surface area (Å²) in [6, 6.07) is 7.38. The monoisotopic (exact) mass is 234 g/mol. The molecule has 2 N–H and O–H groups in total. The Morgan fingerprint density at radius 1 is 1.31 bits per heavy atom. The van der Waals surface area contributed by atoms with E-state index in [0.717, 1.165) is 23.5 Å². The number of rotatable bonds is 5. The Labute approximate surface area is 98.8 Å². The Morgan fingerprint density at radius 3 is 2.94 bits per heavy atom. The summed E-state index contributed by atoms with van der Waals surface area (Å²) in [7, 11) is 0. The Balaban J connectivity index is 1.74. The molecule has 0 bridgehead atoms. The van der Waals surface area contributed by atoms with Crippen LogP contribution in [0.2, 0.25) is 0 Å². The number of benzene rings is 1. The summed E-state index contributed by atoms with van der Waals surface area (Å²) in [4.78, 5) is 4.21. The molecule has 16 heavy (non-hydrogen) atoms. The average Bonchev–Trinajstić information content (AvgIpc) is 2.79. The summed E-state index contributed by atoms with van der Waals surface area (Å²) in [6.07, 6.45) is 2.76. The highest BCUT2D eigenvalue weighted by molar-refractivity contribution is 7.09. The molecule has 0 aliphatic carbocycles. The Hall–Kier alpha value is -1.39. The van der Waals surface area contributed by atoms with Crippen LogP contribution in [-0.2, 0) is 13.0 Å². The van der Waals surface area contributed by atoms with Gasteiger partial charge in [-0.2, -0.15) is 0 Å². The maximum Gasteiger partial charge on any atom is 0.120 e. The molecule has 0 atom stereocenters. The fourth-order valence-electron chi connectivity index (χ4n) is 1.46. The van der Waals surface area contributed by atoms with E-state index in [1.54, 1.807) is 17.4 Å². The molecule has 4 heteroatoms. The van der Waals surface area contributed by atoms with Crippen LogP contribution in [0.25, 0.3) is 0 Å². The van der Waals surface area contributed by atoms with Crippen LogP contribution in [0, 0.1) is 0 Å². The van der Waals surface area contributed by atoms with Gasteiger partial charge in [0.1, 0.15) is 5.75 Å². The molecule has 0 spiro atoms. The normalized spacial score (nSPS) is 10.5. The molecule has 0 aliphatic heterocycles. The minimum atomic E-state index is 0.351. The number of nitrogens with one attached hydrogen (secondary N) is 1. The Bertz CT molecular complexity index is 428. The van der Waals surface area contributed by atoms with Crippen LogP contribution >= 0.6 is 11.3 Å². The molecule has 3 nitrogen and oxygen atoms in total. The number of aromatic nitrogens is 1. The van der Waals surface area contributed by atoms with Crippen molar-refractivity contribution in [1.29, 1.82) is 0 Å². The van der Waals surface area contributed by atoms with Crippen molar-refractivity contribution in [1.82, 2.24) is 10.3 Å². The van der Waals surface area contributed by atoms with Gasteiger partial charge in [-0.25, -0.2) is 4.98 Å². The van der Waals surface area contributed by atoms with Crippen LogP contribution in [0.4, 0.5) is 0 Å². The number of phenols is 1. The number of para-hydroxylation sites is 1. The second-order valence-electron chi connectivity index (χ2n) is 3.48. The highest BCUT2D eigenvalue weighted by atomic mass is 32.1. The first-order valence-corrected chi connectivity index (χ1v) is 6.10. The molecule has 0 unspecified atom stereocenters. The number of hydrogen-bond donors (Lipinski definition) is 2. The molecular formula is C12H14N2OS. The van der Waals surface area contributed by atoms with Crippen molar-refractivity contribution in [3.8, 4) is 5.75 Å². The fourth-order valence-corrected chi connectivity index (χ4v) is 2.08. The minimum absolute atomic E-state index is 0.351. The zero-order chi connectivity index (χ0) is 11.2. The fraction of sp³-hybridized carbons (Fsp3) is 0.250. The smallest absolute Gasteiger partial charge is 0.120 e. The van der Waals surface area contributed by atoms with E-state index in [0.29, 0.717) is 12.3 Å². The molecule has 0 radical (unpaired) electrons. The number of aromatic hydroxyl groups is 1. The lowest BCUT2D eigenvalue weighted by Crippen LogP contribution is -2.16. The van der Waals surface area contributed by atoms with E-state index in [1.165, 1.54) is 0 Å². The molecule has 1 heterocycles. The van der Waals surface area contributed by atoms with Gasteiger partial charge in [-0.1, -0.05) is 18.2 Å². The summed E-state index contributed by atoms with van der Waals surface area (Å²) in [5.41, 5.74) is 0.932. The standard InChI is InChI=1S/C12H14N2OS/c15-11-4-2-1-3-10(11)9-13-6-5-12-14-7-8-16-12/h1-4,7-8,13,15H,5-6,9H2. The second-order valence-corrected chi connectivity index (χ2v) is 4.46. The van der Waals surface area contributed by atoms with Crippen molar-refractivity contribution < 1.29 is 5.11 Å². The molecule has 1 aromatic carbocycles. The summed E-state index contributed by atoms with van der Waals surface area (Å²) in [6.45, 7) is 1.57. The zero-order valence-electron chi connectivity index (χ0n) is 8.89. The molecule has 0 amide bonds. The van der Waals surface area contributed by atoms with Gasteiger partial charge in [0.25, 0.3) is 0 Å². The summed E-state index contributed by atoms with van der Waals surface area (Å²) < 4.78 is 0. The predicted molar refractivity (Wildman–Crippen MR) is 65.6 cm³/mol. The SMILES string of the molecule is Oc1ccccc1CNCCc1nccs1. The van der Waals surface area contributed by atoms with Crippen LogP contribution in [0.15, 0.2) is 35.8 Å². The van der Waals surface area contributed by atoms with Crippen molar-refractivity contribution in [3.05, 3.63) is 46.4 Å². The van der Waals surface area contributed by atoms with Crippen LogP contribution in [0.5, 0.6) is 5.75 Å². The number of nitrogens with zero attached hydrogens (tertiary/aromatic N) is 1. The van der Waals surface area contributed by atoms with E-state index in [-0.39, 0.29) is 0 Å². The van der Waals surface area contributed by atoms with Crippen molar-refractivity contribution in [2.45, 2.75) is 13.0 Å². The van der Waals surface area contributed by atoms with Gasteiger partial charge in [0.05, 0.1) is 5.01 Å². The van der Waals surface area contributed by atoms with Gasteiger partial charge in [0, 0.05) is 36.7 Å². The van der Waals surface area contributed by atoms with E-state index < -0.39 is 0 Å². The van der Waals surface area contributed by atoms with Gasteiger partial charge in [0.2, 0.25) is 0 Å². The minimum Gasteiger partial charge on any atom is -0.508 e. The molecule has 1 aromatic heterocycles. The summed E-state index contributed by atoms with van der Waals surface area (Å²) in [5, 5.41) is 16.0. The van der Waals surface area contributed by atoms with Crippen LogP contribution in [0.1, 0.15) is 10.6 Å². The first-order chi connectivity index (χ1) is 7.86. The van der Waals surface area contributed by atoms with Gasteiger partial charge in [0.15, 0.2) is 0 Å². The van der Waals surface area contributed by atoms with E-state index in [9.17, 15) is 5.11 Å². The maximum atomic E-state index is 9.54. The van der Waals surface area contributed by atoms with Gasteiger partial charge in [-0.05, 0) is 6.07 Å². The van der Waals surface area contributed by atoms with Gasteiger partial charge in [-0.15, -0.1) is 11.3 Å². The lowest BCUT2D eigenvalue weighted by molar-refractivity contribution is 0.464. The average molecular weight is 234 g/mol. The topological polar surface area (TPSA) is 45.1 Å². The summed E-state index contributed by atoms with van der Waals surface area (Å²) in [5.74, 6) is 0.351. The van der Waals surface area contributed by atoms with Gasteiger partial charge >= 0.3 is 0 Å². The third-order valence-corrected chi connectivity index (χ3v) is 3.15. The van der Waals surface area contributed by atoms with E-state index in [1.807, 2.05) is 29.8 Å². The second kappa shape index (κ2) is 5.63. The van der Waals surface area contributed by atoms with Crippen molar-refractivity contribution >= 4 is 11.3 Å². The molecule has 84 valence electrons. The first-order valence-electron chi connectivity index (χ1n) is 5.22. The quantitative estimate of drug-likeness (QED) is 0.779. The molecule has 2 aromatic rings. The van der Waals surface area contributed by atoms with E-state index >= 15 is 0 Å². The van der Waals surface area contributed by atoms with Gasteiger partial charge in [-0.3, -0.25) is 0 Å². The lowest BCUT2D eigenvalue weighted by Gasteiger charge is -2.05. The maximum absolute atomic E-state index is 9.54. The molecule has 0 saturated heterocycles. The third-order valence-electron chi connectivity index (χ3n) is 2.31. The molecule has 0 aliphatic rings. The van der Waals surface area contributed by atoms with E-state index in [2.05, 4.69) is 10.3 Å². The highest BCUT2D eigenvalue weighted by Gasteiger charge is 1.99. The highest BCUT2D eigenvalue weighted by Crippen LogP contribution is 2.14. The van der Waals surface area contributed by atoms with Crippen LogP contribution in [0.3, 0.4) is 0 Å². The Morgan fingerprint density at radius 2 is 2.19 bits per heavy atom. The van der Waals surface area contributed by atoms with Gasteiger partial charge < -0.3 is 10.4 Å². The van der Waals surface area contributed by atoms with Crippen molar-refractivity contribution in [2.75, 3.05) is 6.54 Å². The Kier molecular flexibility index (Phi) is 3.91. The molecular weight excluding hydrogens is 220 g/mol. The van der Waals surface area contributed by atoms with Crippen LogP contribution < -0.4 is 5.32 Å². The third kappa shape index (κ3) is 3.05. The lowest BCUT2D eigenvalue weighted by atomic mass is 10.2. The van der Waals surface area contributed by atoms with Crippen molar-refractivity contribution in [3.63, 3.8) is 0 Å². The molecule has 2 rings (SSSR count). The first kappa shape index (κ1) is 11.1.